The molecule has 2 nitrogen and oxygen atoms in total. The molecule has 0 bridgehead atoms. The average Bonchev–Trinajstić information content (AvgIpc) is 2.99. The van der Waals surface area contributed by atoms with Crippen LogP contribution in [0.2, 0.25) is 5.02 Å². The Labute approximate surface area is 133 Å². The average molecular weight is 305 g/mol. The molecule has 106 valence electrons. The van der Waals surface area contributed by atoms with Crippen LogP contribution >= 0.6 is 11.6 Å². The van der Waals surface area contributed by atoms with E-state index in [0.717, 1.165) is 21.8 Å². The third-order valence-electron chi connectivity index (χ3n) is 3.79. The lowest BCUT2D eigenvalue weighted by atomic mass is 10.0. The molecule has 0 aliphatic rings. The van der Waals surface area contributed by atoms with Gasteiger partial charge in [-0.2, -0.15) is 0 Å². The van der Waals surface area contributed by atoms with Crippen LogP contribution in [-0.4, -0.2) is 9.55 Å². The summed E-state index contributed by atoms with van der Waals surface area (Å²) >= 11 is 6.13. The molecule has 0 saturated heterocycles. The molecule has 0 aliphatic heterocycles. The minimum Gasteiger partial charge on any atom is -0.315 e. The predicted octanol–water partition coefficient (Wildman–Crippen LogP) is 5.35. The maximum Gasteiger partial charge on any atom is 0.0639 e. The Morgan fingerprint density at radius 3 is 2.64 bits per heavy atom. The van der Waals surface area contributed by atoms with Gasteiger partial charge >= 0.3 is 0 Å². The van der Waals surface area contributed by atoms with Crippen LogP contribution in [0.3, 0.4) is 0 Å². The fourth-order valence-electron chi connectivity index (χ4n) is 2.80. The van der Waals surface area contributed by atoms with Crippen molar-refractivity contribution >= 4 is 22.5 Å². The van der Waals surface area contributed by atoms with Gasteiger partial charge in [-0.25, -0.2) is 0 Å². The molecule has 3 heteroatoms. The summed E-state index contributed by atoms with van der Waals surface area (Å²) in [6, 6.07) is 20.4. The van der Waals surface area contributed by atoms with Crippen molar-refractivity contribution < 1.29 is 0 Å². The smallest absolute Gasteiger partial charge is 0.0639 e. The summed E-state index contributed by atoms with van der Waals surface area (Å²) in [4.78, 5) is 4.20. The van der Waals surface area contributed by atoms with E-state index >= 15 is 0 Å². The summed E-state index contributed by atoms with van der Waals surface area (Å²) in [7, 11) is 0. The van der Waals surface area contributed by atoms with Crippen molar-refractivity contribution in [2.45, 2.75) is 0 Å². The van der Waals surface area contributed by atoms with Crippen LogP contribution in [0.5, 0.6) is 0 Å². The van der Waals surface area contributed by atoms with E-state index in [4.69, 9.17) is 11.6 Å². The Bertz CT molecular complexity index is 942. The maximum atomic E-state index is 6.13. The van der Waals surface area contributed by atoms with Crippen molar-refractivity contribution in [2.24, 2.45) is 0 Å². The van der Waals surface area contributed by atoms with Gasteiger partial charge in [-0.1, -0.05) is 35.9 Å². The lowest BCUT2D eigenvalue weighted by Gasteiger charge is -2.07. The first-order valence-electron chi connectivity index (χ1n) is 7.09. The lowest BCUT2D eigenvalue weighted by Crippen LogP contribution is -1.92. The van der Waals surface area contributed by atoms with Crippen molar-refractivity contribution in [1.29, 1.82) is 0 Å². The van der Waals surface area contributed by atoms with Gasteiger partial charge in [0.1, 0.15) is 0 Å². The first-order valence-corrected chi connectivity index (χ1v) is 7.47. The maximum absolute atomic E-state index is 6.13. The van der Waals surface area contributed by atoms with Crippen LogP contribution in [0.25, 0.3) is 27.7 Å². The van der Waals surface area contributed by atoms with Crippen LogP contribution in [-0.2, 0) is 0 Å². The van der Waals surface area contributed by atoms with Crippen molar-refractivity contribution in [3.63, 3.8) is 0 Å². The van der Waals surface area contributed by atoms with Crippen molar-refractivity contribution in [2.75, 3.05) is 0 Å². The number of aromatic nitrogens is 2. The van der Waals surface area contributed by atoms with Crippen LogP contribution in [0.15, 0.2) is 79.3 Å². The van der Waals surface area contributed by atoms with E-state index in [9.17, 15) is 0 Å². The number of rotatable bonds is 2. The van der Waals surface area contributed by atoms with Gasteiger partial charge in [-0.15, -0.1) is 0 Å². The molecule has 2 heterocycles. The molecule has 0 radical (unpaired) electrons. The van der Waals surface area contributed by atoms with Crippen LogP contribution in [0.1, 0.15) is 0 Å². The summed E-state index contributed by atoms with van der Waals surface area (Å²) < 4.78 is 2.15. The van der Waals surface area contributed by atoms with Gasteiger partial charge in [-0.3, -0.25) is 4.98 Å². The number of hydrogen-bond acceptors (Lipinski definition) is 1. The molecule has 22 heavy (non-hydrogen) atoms. The van der Waals surface area contributed by atoms with Crippen molar-refractivity contribution in [3.05, 3.63) is 84.3 Å². The summed E-state index contributed by atoms with van der Waals surface area (Å²) in [6.07, 6.45) is 5.73. The highest BCUT2D eigenvalue weighted by atomic mass is 35.5. The third-order valence-corrected chi connectivity index (χ3v) is 4.03. The number of hydrogen-bond donors (Lipinski definition) is 0. The van der Waals surface area contributed by atoms with Gasteiger partial charge < -0.3 is 4.57 Å². The number of nitrogens with zero attached hydrogens (tertiary/aromatic N) is 2. The first kappa shape index (κ1) is 13.1. The van der Waals surface area contributed by atoms with E-state index < -0.39 is 0 Å². The molecular formula is C19H13ClN2. The van der Waals surface area contributed by atoms with Gasteiger partial charge in [0.05, 0.1) is 17.4 Å². The molecule has 4 aromatic rings. The SMILES string of the molecule is Clc1cccc(-c2cccc3c2ccn3-c2cccnc2)c1. The second kappa shape index (κ2) is 5.32. The highest BCUT2D eigenvalue weighted by molar-refractivity contribution is 6.30. The van der Waals surface area contributed by atoms with E-state index in [-0.39, 0.29) is 0 Å². The van der Waals surface area contributed by atoms with Gasteiger partial charge in [0, 0.05) is 22.8 Å². The summed E-state index contributed by atoms with van der Waals surface area (Å²) in [6.45, 7) is 0. The Hall–Kier alpha value is -2.58. The second-order valence-electron chi connectivity index (χ2n) is 5.15. The summed E-state index contributed by atoms with van der Waals surface area (Å²) in [5, 5.41) is 1.95. The van der Waals surface area contributed by atoms with Crippen LogP contribution < -0.4 is 0 Å². The Morgan fingerprint density at radius 2 is 1.82 bits per heavy atom. The topological polar surface area (TPSA) is 17.8 Å². The molecule has 0 spiro atoms. The van der Waals surface area contributed by atoms with E-state index in [1.165, 1.54) is 10.9 Å². The Balaban J connectivity index is 1.95. The van der Waals surface area contributed by atoms with E-state index in [2.05, 4.69) is 52.1 Å². The van der Waals surface area contributed by atoms with Crippen molar-refractivity contribution in [3.8, 4) is 16.8 Å². The Morgan fingerprint density at radius 1 is 0.909 bits per heavy atom. The van der Waals surface area contributed by atoms with Crippen molar-refractivity contribution in [1.82, 2.24) is 9.55 Å². The lowest BCUT2D eigenvalue weighted by molar-refractivity contribution is 1.10. The largest absolute Gasteiger partial charge is 0.315 e. The minimum atomic E-state index is 0.751. The fourth-order valence-corrected chi connectivity index (χ4v) is 2.99. The van der Waals surface area contributed by atoms with E-state index in [0.29, 0.717) is 0 Å². The Kier molecular flexibility index (Phi) is 3.17. The zero-order valence-corrected chi connectivity index (χ0v) is 12.5. The van der Waals surface area contributed by atoms with Gasteiger partial charge in [0.15, 0.2) is 0 Å². The van der Waals surface area contributed by atoms with Crippen LogP contribution in [0, 0.1) is 0 Å². The molecule has 0 unspecified atom stereocenters. The van der Waals surface area contributed by atoms with Gasteiger partial charge in [0.2, 0.25) is 0 Å². The molecule has 2 aromatic heterocycles. The highest BCUT2D eigenvalue weighted by Crippen LogP contribution is 2.31. The molecule has 0 aliphatic carbocycles. The number of halogens is 1. The zero-order chi connectivity index (χ0) is 14.9. The second-order valence-corrected chi connectivity index (χ2v) is 5.58. The molecule has 0 N–H and O–H groups in total. The number of benzene rings is 2. The highest BCUT2D eigenvalue weighted by Gasteiger charge is 2.08. The first-order chi connectivity index (χ1) is 10.8. The standard InChI is InChI=1S/C19H13ClN2/c20-15-5-1-4-14(12-15)17-7-2-8-19-18(17)9-11-22(19)16-6-3-10-21-13-16/h1-13H. The third kappa shape index (κ3) is 2.18. The monoisotopic (exact) mass is 304 g/mol. The summed E-state index contributed by atoms with van der Waals surface area (Å²) in [5.41, 5.74) is 4.52. The van der Waals surface area contributed by atoms with E-state index in [1.54, 1.807) is 6.20 Å². The number of pyridine rings is 1. The zero-order valence-electron chi connectivity index (χ0n) is 11.8. The normalized spacial score (nSPS) is 11.0. The molecule has 0 saturated carbocycles. The molecule has 0 atom stereocenters. The quantitative estimate of drug-likeness (QED) is 0.488. The van der Waals surface area contributed by atoms with E-state index in [1.807, 2.05) is 30.5 Å². The molecule has 2 aromatic carbocycles. The fraction of sp³-hybridized carbons (Fsp3) is 0. The van der Waals surface area contributed by atoms with Crippen LogP contribution in [0.4, 0.5) is 0 Å². The predicted molar refractivity (Wildman–Crippen MR) is 91.5 cm³/mol. The van der Waals surface area contributed by atoms with Gasteiger partial charge in [-0.05, 0) is 47.5 Å². The molecule has 0 amide bonds. The van der Waals surface area contributed by atoms with Gasteiger partial charge in [0.25, 0.3) is 0 Å². The molecule has 4 rings (SSSR count). The molecular weight excluding hydrogens is 292 g/mol. The number of fused-ring (bicyclic) bond motifs is 1. The summed E-state index contributed by atoms with van der Waals surface area (Å²) in [5.74, 6) is 0. The minimum absolute atomic E-state index is 0.751. The molecule has 0 fully saturated rings.